The maximum atomic E-state index is 12.3. The molecule has 0 spiro atoms. The summed E-state index contributed by atoms with van der Waals surface area (Å²) in [7, 11) is 0. The van der Waals surface area contributed by atoms with Crippen LogP contribution in [-0.4, -0.2) is 28.9 Å². The average molecular weight is 408 g/mol. The molecular weight excluding hydrogens is 386 g/mol. The van der Waals surface area contributed by atoms with Crippen LogP contribution in [0.4, 0.5) is 5.13 Å². The van der Waals surface area contributed by atoms with E-state index in [1.807, 2.05) is 25.1 Å². The van der Waals surface area contributed by atoms with Crippen LogP contribution in [0.1, 0.15) is 40.7 Å². The van der Waals surface area contributed by atoms with Gasteiger partial charge in [-0.15, -0.1) is 11.3 Å². The second kappa shape index (κ2) is 7.76. The number of nitrogens with zero attached hydrogens (tertiary/aromatic N) is 2. The minimum absolute atomic E-state index is 0.122. The molecule has 1 amide bonds. The number of likely N-dealkylation sites (tertiary alicyclic amines) is 1. The van der Waals surface area contributed by atoms with Crippen molar-refractivity contribution in [2.45, 2.75) is 33.2 Å². The first kappa shape index (κ1) is 17.6. The highest BCUT2D eigenvalue weighted by Crippen LogP contribution is 2.26. The van der Waals surface area contributed by atoms with Crippen molar-refractivity contribution in [3.63, 3.8) is 0 Å². The number of halogens is 1. The van der Waals surface area contributed by atoms with Gasteiger partial charge in [-0.1, -0.05) is 28.9 Å². The van der Waals surface area contributed by atoms with Crippen LogP contribution in [0.15, 0.2) is 28.7 Å². The summed E-state index contributed by atoms with van der Waals surface area (Å²) >= 11 is 4.98. The Kier molecular flexibility index (Phi) is 5.69. The number of carbonyl (C=O) groups excluding carboxylic acids is 1. The standard InChI is InChI=1S/C18H22BrN3OS/c1-12-6-8-22(9-7-12)11-16-13(2)20-18(24-16)21-17(23)14-4-3-5-15(19)10-14/h3-5,10,12H,6-9,11H2,1-2H3,(H,20,21,23). The van der Waals surface area contributed by atoms with Gasteiger partial charge in [-0.25, -0.2) is 4.98 Å². The predicted molar refractivity (Wildman–Crippen MR) is 103 cm³/mol. The first-order valence-electron chi connectivity index (χ1n) is 8.27. The Labute approximate surface area is 155 Å². The third-order valence-electron chi connectivity index (χ3n) is 4.44. The fraction of sp³-hybridized carbons (Fsp3) is 0.444. The number of rotatable bonds is 4. The maximum Gasteiger partial charge on any atom is 0.257 e. The molecule has 1 aromatic heterocycles. The van der Waals surface area contributed by atoms with Crippen molar-refractivity contribution in [2.75, 3.05) is 18.4 Å². The van der Waals surface area contributed by atoms with Crippen molar-refractivity contribution in [1.29, 1.82) is 0 Å². The molecule has 24 heavy (non-hydrogen) atoms. The summed E-state index contributed by atoms with van der Waals surface area (Å²) < 4.78 is 0.894. The van der Waals surface area contributed by atoms with Crippen LogP contribution in [0.3, 0.4) is 0 Å². The van der Waals surface area contributed by atoms with E-state index >= 15 is 0 Å². The smallest absolute Gasteiger partial charge is 0.257 e. The van der Waals surface area contributed by atoms with Gasteiger partial charge in [0.1, 0.15) is 0 Å². The number of piperidine rings is 1. The average Bonchev–Trinajstić information content (AvgIpc) is 2.89. The Bertz CT molecular complexity index is 723. The van der Waals surface area contributed by atoms with E-state index in [4.69, 9.17) is 0 Å². The molecule has 1 aliphatic rings. The van der Waals surface area contributed by atoms with Gasteiger partial charge in [0.15, 0.2) is 5.13 Å². The molecular formula is C18H22BrN3OS. The molecule has 128 valence electrons. The van der Waals surface area contributed by atoms with Crippen molar-refractivity contribution >= 4 is 38.3 Å². The highest BCUT2D eigenvalue weighted by atomic mass is 79.9. The third-order valence-corrected chi connectivity index (χ3v) is 5.99. The SMILES string of the molecule is Cc1nc(NC(=O)c2cccc(Br)c2)sc1CN1CCC(C)CC1. The van der Waals surface area contributed by atoms with Crippen LogP contribution in [0.5, 0.6) is 0 Å². The van der Waals surface area contributed by atoms with Crippen LogP contribution in [0.25, 0.3) is 0 Å². The number of nitrogens with one attached hydrogen (secondary N) is 1. The summed E-state index contributed by atoms with van der Waals surface area (Å²) in [6.45, 7) is 7.58. The van der Waals surface area contributed by atoms with Gasteiger partial charge in [0.05, 0.1) is 5.69 Å². The Hall–Kier alpha value is -1.24. The van der Waals surface area contributed by atoms with Gasteiger partial charge in [0.2, 0.25) is 0 Å². The molecule has 0 bridgehead atoms. The summed E-state index contributed by atoms with van der Waals surface area (Å²) in [6, 6.07) is 7.37. The number of hydrogen-bond donors (Lipinski definition) is 1. The van der Waals surface area contributed by atoms with Crippen LogP contribution >= 0.6 is 27.3 Å². The lowest BCUT2D eigenvalue weighted by molar-refractivity contribution is 0.102. The van der Waals surface area contributed by atoms with E-state index < -0.39 is 0 Å². The van der Waals surface area contributed by atoms with Crippen molar-refractivity contribution in [2.24, 2.45) is 5.92 Å². The zero-order valence-electron chi connectivity index (χ0n) is 14.0. The van der Waals surface area contributed by atoms with Gasteiger partial charge in [-0.3, -0.25) is 15.0 Å². The van der Waals surface area contributed by atoms with Crippen molar-refractivity contribution < 1.29 is 4.79 Å². The summed E-state index contributed by atoms with van der Waals surface area (Å²) in [5, 5.41) is 3.60. The summed E-state index contributed by atoms with van der Waals surface area (Å²) in [6.07, 6.45) is 2.54. The van der Waals surface area contributed by atoms with Crippen LogP contribution in [0, 0.1) is 12.8 Å². The van der Waals surface area contributed by atoms with E-state index in [0.29, 0.717) is 10.7 Å². The summed E-state index contributed by atoms with van der Waals surface area (Å²) in [5.74, 6) is 0.715. The topological polar surface area (TPSA) is 45.2 Å². The number of hydrogen-bond acceptors (Lipinski definition) is 4. The molecule has 2 heterocycles. The fourth-order valence-electron chi connectivity index (χ4n) is 2.85. The van der Waals surface area contributed by atoms with Crippen molar-refractivity contribution in [3.05, 3.63) is 44.9 Å². The Morgan fingerprint density at radius 3 is 2.88 bits per heavy atom. The molecule has 0 radical (unpaired) electrons. The number of amides is 1. The van der Waals surface area contributed by atoms with E-state index in [9.17, 15) is 4.79 Å². The number of thiazole rings is 1. The summed E-state index contributed by atoms with van der Waals surface area (Å²) in [5.41, 5.74) is 1.65. The first-order valence-corrected chi connectivity index (χ1v) is 9.88. The second-order valence-electron chi connectivity index (χ2n) is 6.45. The molecule has 6 heteroatoms. The summed E-state index contributed by atoms with van der Waals surface area (Å²) in [4.78, 5) is 20.6. The number of anilines is 1. The molecule has 0 atom stereocenters. The zero-order valence-corrected chi connectivity index (χ0v) is 16.4. The van der Waals surface area contributed by atoms with Gasteiger partial charge in [0, 0.05) is 21.5 Å². The van der Waals surface area contributed by atoms with E-state index in [2.05, 4.69) is 38.1 Å². The molecule has 2 aromatic rings. The van der Waals surface area contributed by atoms with Gasteiger partial charge in [-0.2, -0.15) is 0 Å². The lowest BCUT2D eigenvalue weighted by Crippen LogP contribution is -2.32. The van der Waals surface area contributed by atoms with Gasteiger partial charge < -0.3 is 0 Å². The zero-order chi connectivity index (χ0) is 17.1. The first-order chi connectivity index (χ1) is 11.5. The molecule has 1 aliphatic heterocycles. The van der Waals surface area contributed by atoms with Crippen molar-refractivity contribution in [1.82, 2.24) is 9.88 Å². The maximum absolute atomic E-state index is 12.3. The predicted octanol–water partition coefficient (Wildman–Crippen LogP) is 4.70. The van der Waals surface area contributed by atoms with E-state index in [0.717, 1.165) is 35.7 Å². The van der Waals surface area contributed by atoms with Crippen LogP contribution in [-0.2, 0) is 6.54 Å². The highest BCUT2D eigenvalue weighted by Gasteiger charge is 2.18. The second-order valence-corrected chi connectivity index (χ2v) is 8.45. The van der Waals surface area contributed by atoms with Crippen LogP contribution in [0.2, 0.25) is 0 Å². The van der Waals surface area contributed by atoms with E-state index in [-0.39, 0.29) is 5.91 Å². The van der Waals surface area contributed by atoms with Crippen LogP contribution < -0.4 is 5.32 Å². The van der Waals surface area contributed by atoms with Gasteiger partial charge >= 0.3 is 0 Å². The fourth-order valence-corrected chi connectivity index (χ4v) is 4.25. The highest BCUT2D eigenvalue weighted by molar-refractivity contribution is 9.10. The Morgan fingerprint density at radius 1 is 1.42 bits per heavy atom. The quantitative estimate of drug-likeness (QED) is 0.798. The number of aryl methyl sites for hydroxylation is 1. The van der Waals surface area contributed by atoms with Gasteiger partial charge in [-0.05, 0) is 57.0 Å². The Balaban J connectivity index is 1.64. The Morgan fingerprint density at radius 2 is 2.17 bits per heavy atom. The number of aromatic nitrogens is 1. The molecule has 1 saturated heterocycles. The molecule has 1 N–H and O–H groups in total. The molecule has 1 aromatic carbocycles. The molecule has 0 aliphatic carbocycles. The molecule has 1 fully saturated rings. The molecule has 3 rings (SSSR count). The lowest BCUT2D eigenvalue weighted by Gasteiger charge is -2.29. The normalized spacial score (nSPS) is 16.3. The molecule has 0 saturated carbocycles. The minimum Gasteiger partial charge on any atom is -0.298 e. The molecule has 0 unspecified atom stereocenters. The monoisotopic (exact) mass is 407 g/mol. The number of carbonyl (C=O) groups is 1. The van der Waals surface area contributed by atoms with Gasteiger partial charge in [0.25, 0.3) is 5.91 Å². The minimum atomic E-state index is -0.122. The van der Waals surface area contributed by atoms with Crippen molar-refractivity contribution in [3.8, 4) is 0 Å². The molecule has 4 nitrogen and oxygen atoms in total. The van der Waals surface area contributed by atoms with E-state index in [1.54, 1.807) is 17.4 Å². The number of benzene rings is 1. The third kappa shape index (κ3) is 4.43. The lowest BCUT2D eigenvalue weighted by atomic mass is 9.99. The van der Waals surface area contributed by atoms with E-state index in [1.165, 1.54) is 17.7 Å². The largest absolute Gasteiger partial charge is 0.298 e.